The first kappa shape index (κ1) is 23.5. The first-order valence-corrected chi connectivity index (χ1v) is 9.37. The van der Waals surface area contributed by atoms with Crippen molar-refractivity contribution in [2.45, 2.75) is 13.5 Å². The third-order valence-corrected chi connectivity index (χ3v) is 4.66. The Hall–Kier alpha value is -2.76. The van der Waals surface area contributed by atoms with E-state index in [2.05, 4.69) is 59.6 Å². The molecular weight excluding hydrogens is 421 g/mol. The van der Waals surface area contributed by atoms with Gasteiger partial charge in [-0.05, 0) is 36.8 Å². The van der Waals surface area contributed by atoms with E-state index in [9.17, 15) is 0 Å². The van der Waals surface area contributed by atoms with Gasteiger partial charge in [-0.15, -0.1) is 24.8 Å². The quantitative estimate of drug-likeness (QED) is 0.530. The van der Waals surface area contributed by atoms with Gasteiger partial charge in [0.05, 0.1) is 12.3 Å². The third-order valence-electron chi connectivity index (χ3n) is 4.66. The van der Waals surface area contributed by atoms with Gasteiger partial charge in [0.25, 0.3) is 0 Å². The second kappa shape index (κ2) is 10.9. The molecule has 0 aliphatic carbocycles. The number of nitrogens with zero attached hydrogens (tertiary/aromatic N) is 3. The van der Waals surface area contributed by atoms with E-state index < -0.39 is 0 Å². The highest BCUT2D eigenvalue weighted by Gasteiger charge is 2.13. The van der Waals surface area contributed by atoms with Crippen molar-refractivity contribution in [1.82, 2.24) is 5.16 Å². The van der Waals surface area contributed by atoms with Crippen LogP contribution in [0.3, 0.4) is 0 Å². The number of benzene rings is 2. The Morgan fingerprint density at radius 2 is 1.90 bits per heavy atom. The second-order valence-electron chi connectivity index (χ2n) is 6.83. The molecule has 0 spiro atoms. The Morgan fingerprint density at radius 1 is 1.07 bits per heavy atom. The number of benzodiazepines with no additional fused rings is 1. The molecule has 30 heavy (non-hydrogen) atoms. The number of allylic oxidation sites excluding steroid dienone is 1. The normalized spacial score (nSPS) is 13.0. The van der Waals surface area contributed by atoms with Crippen molar-refractivity contribution in [1.29, 1.82) is 0 Å². The summed E-state index contributed by atoms with van der Waals surface area (Å²) >= 11 is 0. The number of anilines is 1. The molecule has 0 unspecified atom stereocenters. The Bertz CT molecular complexity index is 1030. The molecule has 3 aromatic rings. The monoisotopic (exact) mass is 445 g/mol. The minimum absolute atomic E-state index is 0. The number of halogens is 2. The van der Waals surface area contributed by atoms with E-state index in [-0.39, 0.29) is 24.8 Å². The SMILES string of the molecule is Cc1cc(COc2cccc(/C=C/C3=NCCN(C)c4ccccc43)c2)no1.Cl.Cl. The predicted octanol–water partition coefficient (Wildman–Crippen LogP) is 5.36. The maximum atomic E-state index is 5.83. The summed E-state index contributed by atoms with van der Waals surface area (Å²) in [5.74, 6) is 1.58. The van der Waals surface area contributed by atoms with E-state index >= 15 is 0 Å². The fraction of sp³-hybridized carbons (Fsp3) is 0.217. The van der Waals surface area contributed by atoms with Crippen molar-refractivity contribution < 1.29 is 9.26 Å². The van der Waals surface area contributed by atoms with Crippen LogP contribution in [-0.4, -0.2) is 31.0 Å². The molecule has 5 nitrogen and oxygen atoms in total. The topological polar surface area (TPSA) is 50.9 Å². The highest BCUT2D eigenvalue weighted by Crippen LogP contribution is 2.23. The smallest absolute Gasteiger partial charge is 0.134 e. The van der Waals surface area contributed by atoms with Gasteiger partial charge in [0.1, 0.15) is 23.8 Å². The lowest BCUT2D eigenvalue weighted by Gasteiger charge is -2.18. The van der Waals surface area contributed by atoms with Gasteiger partial charge in [-0.3, -0.25) is 4.99 Å². The van der Waals surface area contributed by atoms with Crippen LogP contribution in [0.2, 0.25) is 0 Å². The van der Waals surface area contributed by atoms with E-state index in [0.29, 0.717) is 6.61 Å². The summed E-state index contributed by atoms with van der Waals surface area (Å²) in [4.78, 5) is 7.02. The average molecular weight is 446 g/mol. The zero-order chi connectivity index (χ0) is 19.3. The van der Waals surface area contributed by atoms with Crippen LogP contribution in [0.1, 0.15) is 22.6 Å². The van der Waals surface area contributed by atoms with Crippen LogP contribution >= 0.6 is 24.8 Å². The summed E-state index contributed by atoms with van der Waals surface area (Å²) in [6.45, 7) is 3.95. The van der Waals surface area contributed by atoms with Gasteiger partial charge in [-0.2, -0.15) is 0 Å². The van der Waals surface area contributed by atoms with Crippen molar-refractivity contribution in [3.8, 4) is 5.75 Å². The number of para-hydroxylation sites is 1. The molecule has 0 bridgehead atoms. The first-order chi connectivity index (χ1) is 13.7. The molecule has 0 fully saturated rings. The molecule has 1 aliphatic rings. The Labute approximate surface area is 189 Å². The number of fused-ring (bicyclic) bond motifs is 1. The third kappa shape index (κ3) is 5.65. The Balaban J connectivity index is 0.00000160. The molecule has 2 aromatic carbocycles. The summed E-state index contributed by atoms with van der Waals surface area (Å²) in [5, 5.41) is 3.95. The van der Waals surface area contributed by atoms with Crippen LogP contribution in [0, 0.1) is 6.92 Å². The number of aromatic nitrogens is 1. The van der Waals surface area contributed by atoms with Gasteiger partial charge in [0.2, 0.25) is 0 Å². The fourth-order valence-corrected chi connectivity index (χ4v) is 3.22. The van der Waals surface area contributed by atoms with Crippen molar-refractivity contribution >= 4 is 42.3 Å². The fourth-order valence-electron chi connectivity index (χ4n) is 3.22. The lowest BCUT2D eigenvalue weighted by Crippen LogP contribution is -2.20. The molecule has 0 saturated carbocycles. The molecule has 0 saturated heterocycles. The second-order valence-corrected chi connectivity index (χ2v) is 6.83. The molecule has 7 heteroatoms. The first-order valence-electron chi connectivity index (χ1n) is 9.37. The van der Waals surface area contributed by atoms with Gasteiger partial charge in [-0.25, -0.2) is 0 Å². The Kier molecular flexibility index (Phi) is 8.51. The van der Waals surface area contributed by atoms with Crippen molar-refractivity contribution in [2.75, 3.05) is 25.0 Å². The number of aryl methyl sites for hydroxylation is 1. The lowest BCUT2D eigenvalue weighted by atomic mass is 10.1. The number of aliphatic imine (C=N–C) groups is 1. The summed E-state index contributed by atoms with van der Waals surface area (Å²) in [6.07, 6.45) is 4.16. The minimum atomic E-state index is 0. The van der Waals surface area contributed by atoms with Gasteiger partial charge < -0.3 is 14.2 Å². The minimum Gasteiger partial charge on any atom is -0.487 e. The number of hydrogen-bond acceptors (Lipinski definition) is 5. The molecule has 158 valence electrons. The van der Waals surface area contributed by atoms with E-state index in [1.165, 1.54) is 5.69 Å². The van der Waals surface area contributed by atoms with Crippen LogP contribution < -0.4 is 9.64 Å². The maximum Gasteiger partial charge on any atom is 0.134 e. The molecule has 1 aromatic heterocycles. The van der Waals surface area contributed by atoms with Crippen molar-refractivity contribution in [3.05, 3.63) is 83.3 Å². The highest BCUT2D eigenvalue weighted by atomic mass is 35.5. The van der Waals surface area contributed by atoms with E-state index in [0.717, 1.165) is 47.1 Å². The summed E-state index contributed by atoms with van der Waals surface area (Å²) in [7, 11) is 2.11. The predicted molar refractivity (Wildman–Crippen MR) is 127 cm³/mol. The number of ether oxygens (including phenoxy) is 1. The maximum absolute atomic E-state index is 5.83. The molecule has 1 aliphatic heterocycles. The lowest BCUT2D eigenvalue weighted by molar-refractivity contribution is 0.288. The zero-order valence-electron chi connectivity index (χ0n) is 16.9. The molecule has 2 heterocycles. The van der Waals surface area contributed by atoms with Crippen molar-refractivity contribution in [2.24, 2.45) is 4.99 Å². The summed E-state index contributed by atoms with van der Waals surface area (Å²) in [6, 6.07) is 18.3. The molecular formula is C23H25Cl2N3O2. The molecule has 0 N–H and O–H groups in total. The van der Waals surface area contributed by atoms with Gasteiger partial charge in [0, 0.05) is 30.9 Å². The molecule has 4 rings (SSSR count). The van der Waals surface area contributed by atoms with Gasteiger partial charge in [0.15, 0.2) is 0 Å². The van der Waals surface area contributed by atoms with Gasteiger partial charge in [-0.1, -0.05) is 41.6 Å². The van der Waals surface area contributed by atoms with Gasteiger partial charge >= 0.3 is 0 Å². The van der Waals surface area contributed by atoms with Crippen LogP contribution in [-0.2, 0) is 6.61 Å². The number of rotatable bonds is 5. The largest absolute Gasteiger partial charge is 0.487 e. The van der Waals surface area contributed by atoms with Crippen LogP contribution in [0.15, 0.2) is 70.2 Å². The van der Waals surface area contributed by atoms with Crippen molar-refractivity contribution in [3.63, 3.8) is 0 Å². The standard InChI is InChI=1S/C23H23N3O2.2ClH/c1-17-14-19(25-28-17)16-27-20-7-5-6-18(15-20)10-11-22-21-8-3-4-9-23(21)26(2)13-12-24-22;;/h3-11,14-15H,12-13,16H2,1-2H3;2*1H/b11-10+;;. The number of likely N-dealkylation sites (N-methyl/N-ethyl adjacent to an activating group) is 1. The summed E-state index contributed by atoms with van der Waals surface area (Å²) < 4.78 is 10.9. The van der Waals surface area contributed by atoms with Crippen LogP contribution in [0.5, 0.6) is 5.75 Å². The van der Waals surface area contributed by atoms with Crippen LogP contribution in [0.4, 0.5) is 5.69 Å². The number of hydrogen-bond donors (Lipinski definition) is 0. The van der Waals surface area contributed by atoms with Crippen LogP contribution in [0.25, 0.3) is 6.08 Å². The van der Waals surface area contributed by atoms with E-state index in [4.69, 9.17) is 14.3 Å². The molecule has 0 amide bonds. The summed E-state index contributed by atoms with van der Waals surface area (Å²) in [5.41, 5.74) is 5.22. The van der Waals surface area contributed by atoms with E-state index in [1.54, 1.807) is 0 Å². The Morgan fingerprint density at radius 3 is 2.70 bits per heavy atom. The molecule has 0 radical (unpaired) electrons. The highest BCUT2D eigenvalue weighted by molar-refractivity contribution is 6.14. The molecule has 0 atom stereocenters. The average Bonchev–Trinajstić information content (AvgIpc) is 3.07. The zero-order valence-corrected chi connectivity index (χ0v) is 18.6. The van der Waals surface area contributed by atoms with E-state index in [1.807, 2.05) is 31.2 Å².